The first-order valence-corrected chi connectivity index (χ1v) is 9.57. The molecule has 0 unspecified atom stereocenters. The van der Waals surface area contributed by atoms with Crippen LogP contribution in [0.4, 0.5) is 0 Å². The van der Waals surface area contributed by atoms with Crippen LogP contribution in [-0.4, -0.2) is 23.3 Å². The monoisotopic (exact) mass is 371 g/mol. The summed E-state index contributed by atoms with van der Waals surface area (Å²) >= 11 is 0. The molecular weight excluding hydrogens is 349 g/mol. The Morgan fingerprint density at radius 1 is 0.786 bits per heavy atom. The smallest absolute Gasteiger partial charge is 0.454 e. The van der Waals surface area contributed by atoms with E-state index < -0.39 is 18.3 Å². The zero-order valence-corrected chi connectivity index (χ0v) is 16.5. The van der Waals surface area contributed by atoms with Crippen LogP contribution in [-0.2, 0) is 9.31 Å². The molecule has 1 saturated heterocycles. The third kappa shape index (κ3) is 2.58. The summed E-state index contributed by atoms with van der Waals surface area (Å²) in [7, 11) is -0.484. The van der Waals surface area contributed by atoms with Crippen LogP contribution >= 0.6 is 0 Å². The standard InChI is InChI=1S/C23H22BNO3/c1-22(2)23(3,4)28-24(27-22)18-13-25-14-20-21(18)17-12-16(10-11-19(17)26-20)15-8-6-5-7-9-15/h5-14H,1-4H3. The molecule has 1 aliphatic rings. The molecule has 0 saturated carbocycles. The second-order valence-corrected chi connectivity index (χ2v) is 8.37. The van der Waals surface area contributed by atoms with Crippen molar-refractivity contribution in [2.45, 2.75) is 38.9 Å². The van der Waals surface area contributed by atoms with Gasteiger partial charge in [-0.05, 0) is 51.0 Å². The van der Waals surface area contributed by atoms with E-state index >= 15 is 0 Å². The molecule has 0 aliphatic carbocycles. The van der Waals surface area contributed by atoms with E-state index in [1.165, 1.54) is 5.56 Å². The highest BCUT2D eigenvalue weighted by Crippen LogP contribution is 2.38. The Bertz CT molecular complexity index is 1160. The van der Waals surface area contributed by atoms with E-state index in [1.54, 1.807) is 6.20 Å². The van der Waals surface area contributed by atoms with Gasteiger partial charge in [0.1, 0.15) is 5.58 Å². The van der Waals surface area contributed by atoms with Crippen molar-refractivity contribution in [1.82, 2.24) is 4.98 Å². The Morgan fingerprint density at radius 2 is 1.50 bits per heavy atom. The lowest BCUT2D eigenvalue weighted by Crippen LogP contribution is -2.41. The molecule has 2 aromatic heterocycles. The zero-order valence-electron chi connectivity index (χ0n) is 16.5. The first-order valence-electron chi connectivity index (χ1n) is 9.57. The van der Waals surface area contributed by atoms with E-state index in [0.717, 1.165) is 33.0 Å². The van der Waals surface area contributed by atoms with Gasteiger partial charge in [0.25, 0.3) is 0 Å². The van der Waals surface area contributed by atoms with Crippen LogP contribution in [0.1, 0.15) is 27.7 Å². The quantitative estimate of drug-likeness (QED) is 0.468. The first kappa shape index (κ1) is 17.5. The number of furan rings is 1. The SMILES string of the molecule is CC1(C)OB(c2cncc3oc4ccc(-c5ccccc5)cc4c23)OC1(C)C. The molecule has 5 rings (SSSR count). The molecule has 1 fully saturated rings. The highest BCUT2D eigenvalue weighted by atomic mass is 16.7. The molecule has 0 spiro atoms. The van der Waals surface area contributed by atoms with Crippen molar-refractivity contribution in [3.63, 3.8) is 0 Å². The predicted molar refractivity (Wildman–Crippen MR) is 113 cm³/mol. The van der Waals surface area contributed by atoms with E-state index in [9.17, 15) is 0 Å². The van der Waals surface area contributed by atoms with Gasteiger partial charge in [0, 0.05) is 22.4 Å². The largest absolute Gasteiger partial charge is 0.497 e. The second kappa shape index (κ2) is 5.93. The number of nitrogens with zero attached hydrogens (tertiary/aromatic N) is 1. The maximum Gasteiger partial charge on any atom is 0.497 e. The van der Waals surface area contributed by atoms with Gasteiger partial charge in [0.2, 0.25) is 0 Å². The van der Waals surface area contributed by atoms with E-state index in [2.05, 4.69) is 56.9 Å². The van der Waals surface area contributed by atoms with Crippen LogP contribution in [0.15, 0.2) is 65.3 Å². The van der Waals surface area contributed by atoms with Crippen LogP contribution in [0.25, 0.3) is 33.1 Å². The molecule has 0 radical (unpaired) electrons. The Labute approximate surface area is 164 Å². The van der Waals surface area contributed by atoms with Crippen molar-refractivity contribution < 1.29 is 13.7 Å². The summed E-state index contributed by atoms with van der Waals surface area (Å²) < 4.78 is 18.6. The fourth-order valence-corrected chi connectivity index (χ4v) is 3.71. The molecular formula is C23H22BNO3. The van der Waals surface area contributed by atoms with Crippen LogP contribution < -0.4 is 5.46 Å². The average molecular weight is 371 g/mol. The second-order valence-electron chi connectivity index (χ2n) is 8.37. The summed E-state index contributed by atoms with van der Waals surface area (Å²) in [5.41, 5.74) is 3.98. The Morgan fingerprint density at radius 3 is 2.21 bits per heavy atom. The van der Waals surface area contributed by atoms with E-state index in [-0.39, 0.29) is 0 Å². The molecule has 0 atom stereocenters. The molecule has 0 bridgehead atoms. The average Bonchev–Trinajstić information content (AvgIpc) is 3.15. The van der Waals surface area contributed by atoms with E-state index in [1.807, 2.05) is 30.5 Å². The minimum Gasteiger partial charge on any atom is -0.454 e. The molecule has 0 amide bonds. The van der Waals surface area contributed by atoms with Crippen molar-refractivity contribution in [2.24, 2.45) is 0 Å². The summed E-state index contributed by atoms with van der Waals surface area (Å²) in [6.45, 7) is 8.23. The summed E-state index contributed by atoms with van der Waals surface area (Å²) in [5, 5.41) is 2.05. The van der Waals surface area contributed by atoms with Gasteiger partial charge in [-0.2, -0.15) is 0 Å². The van der Waals surface area contributed by atoms with E-state index in [0.29, 0.717) is 0 Å². The minimum absolute atomic E-state index is 0.408. The number of aromatic nitrogens is 1. The summed E-state index contributed by atoms with van der Waals surface area (Å²) in [4.78, 5) is 4.38. The summed E-state index contributed by atoms with van der Waals surface area (Å²) in [5.74, 6) is 0. The Balaban J connectivity index is 1.71. The van der Waals surface area contributed by atoms with Crippen LogP contribution in [0, 0.1) is 0 Å². The Kier molecular flexibility index (Phi) is 3.70. The highest BCUT2D eigenvalue weighted by Gasteiger charge is 2.52. The van der Waals surface area contributed by atoms with Gasteiger partial charge in [-0.25, -0.2) is 0 Å². The van der Waals surface area contributed by atoms with Gasteiger partial charge in [0.15, 0.2) is 5.58 Å². The fourth-order valence-electron chi connectivity index (χ4n) is 3.71. The normalized spacial score (nSPS) is 18.2. The number of hydrogen-bond acceptors (Lipinski definition) is 4. The Hall–Kier alpha value is -2.63. The van der Waals surface area contributed by atoms with Gasteiger partial charge >= 0.3 is 7.12 Å². The number of hydrogen-bond donors (Lipinski definition) is 0. The topological polar surface area (TPSA) is 44.5 Å². The molecule has 4 nitrogen and oxygen atoms in total. The van der Waals surface area contributed by atoms with Gasteiger partial charge in [0.05, 0.1) is 17.4 Å². The predicted octanol–water partition coefficient (Wildman–Crippen LogP) is 4.95. The van der Waals surface area contributed by atoms with Gasteiger partial charge < -0.3 is 13.7 Å². The molecule has 1 aliphatic heterocycles. The van der Waals surface area contributed by atoms with Crippen molar-refractivity contribution in [1.29, 1.82) is 0 Å². The summed E-state index contributed by atoms with van der Waals surface area (Å²) in [6, 6.07) is 16.6. The van der Waals surface area contributed by atoms with Crippen molar-refractivity contribution in [2.75, 3.05) is 0 Å². The molecule has 140 valence electrons. The first-order chi connectivity index (χ1) is 13.4. The molecule has 0 N–H and O–H groups in total. The number of rotatable bonds is 2. The van der Waals surface area contributed by atoms with Gasteiger partial charge in [-0.1, -0.05) is 36.4 Å². The molecule has 4 aromatic rings. The van der Waals surface area contributed by atoms with Crippen LogP contribution in [0.2, 0.25) is 0 Å². The molecule has 28 heavy (non-hydrogen) atoms. The number of fused-ring (bicyclic) bond motifs is 3. The fraction of sp³-hybridized carbons (Fsp3) is 0.261. The zero-order chi connectivity index (χ0) is 19.5. The van der Waals surface area contributed by atoms with Crippen molar-refractivity contribution in [3.05, 3.63) is 60.9 Å². The molecule has 3 heterocycles. The number of pyridine rings is 1. The number of benzene rings is 2. The maximum absolute atomic E-state index is 6.29. The van der Waals surface area contributed by atoms with Gasteiger partial charge in [-0.3, -0.25) is 4.98 Å². The molecule has 2 aromatic carbocycles. The summed E-state index contributed by atoms with van der Waals surface area (Å²) in [6.07, 6.45) is 3.58. The highest BCUT2D eigenvalue weighted by molar-refractivity contribution is 6.65. The maximum atomic E-state index is 6.29. The van der Waals surface area contributed by atoms with Gasteiger partial charge in [-0.15, -0.1) is 0 Å². The van der Waals surface area contributed by atoms with Crippen molar-refractivity contribution >= 4 is 34.5 Å². The third-order valence-electron chi connectivity index (χ3n) is 6.02. The minimum atomic E-state index is -0.484. The van der Waals surface area contributed by atoms with E-state index in [4.69, 9.17) is 13.7 Å². The van der Waals surface area contributed by atoms with Crippen LogP contribution in [0.5, 0.6) is 0 Å². The third-order valence-corrected chi connectivity index (χ3v) is 6.02. The molecule has 5 heteroatoms. The lowest BCUT2D eigenvalue weighted by molar-refractivity contribution is 0.00578. The van der Waals surface area contributed by atoms with Crippen molar-refractivity contribution in [3.8, 4) is 11.1 Å². The lowest BCUT2D eigenvalue weighted by Gasteiger charge is -2.32. The van der Waals surface area contributed by atoms with Crippen LogP contribution in [0.3, 0.4) is 0 Å². The lowest BCUT2D eigenvalue weighted by atomic mass is 9.77.